The molecule has 8 heteroatoms. The lowest BCUT2D eigenvalue weighted by Gasteiger charge is -2.18. The number of sulfonamides is 1. The normalized spacial score (nSPS) is 11.4. The lowest BCUT2D eigenvalue weighted by molar-refractivity contribution is -0.130. The van der Waals surface area contributed by atoms with Gasteiger partial charge in [0.2, 0.25) is 15.9 Å². The fourth-order valence-corrected chi connectivity index (χ4v) is 2.78. The summed E-state index contributed by atoms with van der Waals surface area (Å²) in [6.45, 7) is 5.33. The first-order valence-corrected chi connectivity index (χ1v) is 8.35. The number of rotatable bonds is 8. The van der Waals surface area contributed by atoms with Crippen LogP contribution < -0.4 is 10.5 Å². The first-order valence-electron chi connectivity index (χ1n) is 6.87. The minimum atomic E-state index is -3.64. The van der Waals surface area contributed by atoms with Gasteiger partial charge in [-0.1, -0.05) is 0 Å². The van der Waals surface area contributed by atoms with Crippen molar-refractivity contribution in [1.29, 1.82) is 0 Å². The third kappa shape index (κ3) is 5.07. The van der Waals surface area contributed by atoms with Gasteiger partial charge in [-0.2, -0.15) is 0 Å². The van der Waals surface area contributed by atoms with Gasteiger partial charge in [0.25, 0.3) is 0 Å². The molecule has 0 saturated heterocycles. The Kier molecular flexibility index (Phi) is 6.73. The molecule has 0 fully saturated rings. The molecule has 0 aliphatic rings. The van der Waals surface area contributed by atoms with Gasteiger partial charge in [0.15, 0.2) is 0 Å². The number of nitrogens with one attached hydrogen (secondary N) is 1. The third-order valence-corrected chi connectivity index (χ3v) is 4.51. The summed E-state index contributed by atoms with van der Waals surface area (Å²) in [6, 6.07) is 3.01. The van der Waals surface area contributed by atoms with E-state index in [1.54, 1.807) is 11.0 Å². The number of carbonyl (C=O) groups is 1. The van der Waals surface area contributed by atoms with E-state index in [-0.39, 0.29) is 30.3 Å². The summed E-state index contributed by atoms with van der Waals surface area (Å²) in [5.41, 5.74) is 6.02. The molecule has 0 aromatic carbocycles. The lowest BCUT2D eigenvalue weighted by atomic mass is 10.3. The predicted octanol–water partition coefficient (Wildman–Crippen LogP) is 0.0771. The van der Waals surface area contributed by atoms with Gasteiger partial charge in [-0.25, -0.2) is 13.1 Å². The zero-order valence-electron chi connectivity index (χ0n) is 12.4. The van der Waals surface area contributed by atoms with Crippen molar-refractivity contribution >= 4 is 15.9 Å². The summed E-state index contributed by atoms with van der Waals surface area (Å²) >= 11 is 0. The fraction of sp³-hybridized carbons (Fsp3) is 0.538. The molecule has 0 atom stereocenters. The minimum Gasteiger partial charge on any atom is -0.343 e. The first-order chi connectivity index (χ1) is 9.94. The Balaban J connectivity index is 2.58. The van der Waals surface area contributed by atoms with Crippen molar-refractivity contribution in [3.05, 3.63) is 24.0 Å². The topological polar surface area (TPSA) is 105 Å². The molecule has 1 amide bonds. The largest absolute Gasteiger partial charge is 0.343 e. The molecule has 1 rings (SSSR count). The van der Waals surface area contributed by atoms with E-state index in [9.17, 15) is 13.2 Å². The number of carbonyl (C=O) groups excluding carboxylic acids is 1. The van der Waals surface area contributed by atoms with Crippen molar-refractivity contribution < 1.29 is 13.2 Å². The van der Waals surface area contributed by atoms with Crippen LogP contribution in [0, 0.1) is 0 Å². The van der Waals surface area contributed by atoms with Crippen LogP contribution in [0.5, 0.6) is 0 Å². The van der Waals surface area contributed by atoms with E-state index in [1.165, 1.54) is 12.3 Å². The summed E-state index contributed by atoms with van der Waals surface area (Å²) in [6.07, 6.45) is 1.39. The molecule has 118 valence electrons. The molecule has 7 nitrogen and oxygen atoms in total. The lowest BCUT2D eigenvalue weighted by Crippen LogP contribution is -2.34. The van der Waals surface area contributed by atoms with Gasteiger partial charge in [-0.05, 0) is 26.0 Å². The molecule has 0 unspecified atom stereocenters. The van der Waals surface area contributed by atoms with Gasteiger partial charge in [-0.3, -0.25) is 9.78 Å². The Labute approximate surface area is 125 Å². The van der Waals surface area contributed by atoms with E-state index >= 15 is 0 Å². The number of hydrogen-bond acceptors (Lipinski definition) is 5. The van der Waals surface area contributed by atoms with E-state index in [1.807, 2.05) is 13.8 Å². The number of amides is 1. The molecule has 0 bridgehead atoms. The van der Waals surface area contributed by atoms with Crippen LogP contribution >= 0.6 is 0 Å². The van der Waals surface area contributed by atoms with E-state index in [0.717, 1.165) is 0 Å². The zero-order valence-corrected chi connectivity index (χ0v) is 13.2. The molecule has 0 radical (unpaired) electrons. The third-order valence-electron chi connectivity index (χ3n) is 3.06. The Hall–Kier alpha value is -1.51. The van der Waals surface area contributed by atoms with Crippen LogP contribution in [0.25, 0.3) is 0 Å². The number of hydrogen-bond donors (Lipinski definition) is 2. The van der Waals surface area contributed by atoms with Gasteiger partial charge >= 0.3 is 0 Å². The average Bonchev–Trinajstić information content (AvgIpc) is 2.48. The highest BCUT2D eigenvalue weighted by atomic mass is 32.2. The Bertz CT molecular complexity index is 553. The summed E-state index contributed by atoms with van der Waals surface area (Å²) in [4.78, 5) is 17.4. The van der Waals surface area contributed by atoms with Crippen LogP contribution in [0.1, 0.15) is 26.0 Å². The Morgan fingerprint density at radius 1 is 1.33 bits per heavy atom. The van der Waals surface area contributed by atoms with Crippen molar-refractivity contribution in [2.45, 2.75) is 31.7 Å². The Morgan fingerprint density at radius 3 is 2.48 bits per heavy atom. The van der Waals surface area contributed by atoms with E-state index in [2.05, 4.69) is 9.71 Å². The Morgan fingerprint density at radius 2 is 2.00 bits per heavy atom. The van der Waals surface area contributed by atoms with E-state index in [0.29, 0.717) is 18.8 Å². The minimum absolute atomic E-state index is 0.0648. The van der Waals surface area contributed by atoms with E-state index < -0.39 is 10.0 Å². The first kappa shape index (κ1) is 17.5. The van der Waals surface area contributed by atoms with Crippen molar-refractivity contribution in [1.82, 2.24) is 14.6 Å². The van der Waals surface area contributed by atoms with Crippen molar-refractivity contribution in [2.75, 3.05) is 19.6 Å². The average molecular weight is 314 g/mol. The predicted molar refractivity (Wildman–Crippen MR) is 79.9 cm³/mol. The number of aromatic nitrogens is 1. The molecular formula is C13H22N4O3S. The molecule has 0 aliphatic heterocycles. The highest BCUT2D eigenvalue weighted by molar-refractivity contribution is 7.89. The number of nitrogens with zero attached hydrogens (tertiary/aromatic N) is 2. The smallest absolute Gasteiger partial charge is 0.242 e. The SMILES string of the molecule is CCN(CC)C(=O)CCNS(=O)(=O)c1ccc(CN)nc1. The molecule has 0 spiro atoms. The summed E-state index contributed by atoms with van der Waals surface area (Å²) in [7, 11) is -3.64. The van der Waals surface area contributed by atoms with E-state index in [4.69, 9.17) is 5.73 Å². The highest BCUT2D eigenvalue weighted by Crippen LogP contribution is 2.07. The standard InChI is InChI=1S/C13H22N4O3S/c1-3-17(4-2)13(18)7-8-16-21(19,20)12-6-5-11(9-14)15-10-12/h5-6,10,16H,3-4,7-9,14H2,1-2H3. The van der Waals surface area contributed by atoms with Gasteiger partial charge in [-0.15, -0.1) is 0 Å². The second-order valence-corrected chi connectivity index (χ2v) is 6.17. The molecule has 1 heterocycles. The van der Waals surface area contributed by atoms with Crippen molar-refractivity contribution in [3.63, 3.8) is 0 Å². The number of pyridine rings is 1. The fourth-order valence-electron chi connectivity index (χ4n) is 1.80. The summed E-state index contributed by atoms with van der Waals surface area (Å²) < 4.78 is 26.4. The maximum absolute atomic E-state index is 12.0. The molecule has 3 N–H and O–H groups in total. The second kappa shape index (κ2) is 8.06. The van der Waals surface area contributed by atoms with Gasteiger partial charge in [0.1, 0.15) is 4.90 Å². The summed E-state index contributed by atoms with van der Waals surface area (Å²) in [5.74, 6) is -0.0701. The van der Waals surface area contributed by atoms with Gasteiger partial charge < -0.3 is 10.6 Å². The van der Waals surface area contributed by atoms with Gasteiger partial charge in [0, 0.05) is 38.8 Å². The van der Waals surface area contributed by atoms with Crippen LogP contribution in [0.2, 0.25) is 0 Å². The van der Waals surface area contributed by atoms with Crippen LogP contribution in [0.15, 0.2) is 23.2 Å². The maximum atomic E-state index is 12.0. The quantitative estimate of drug-likeness (QED) is 0.707. The molecule has 21 heavy (non-hydrogen) atoms. The highest BCUT2D eigenvalue weighted by Gasteiger charge is 2.16. The van der Waals surface area contributed by atoms with Crippen LogP contribution in [-0.2, 0) is 21.4 Å². The van der Waals surface area contributed by atoms with Crippen molar-refractivity contribution in [3.8, 4) is 0 Å². The zero-order chi connectivity index (χ0) is 15.9. The molecule has 1 aromatic rings. The molecule has 0 aliphatic carbocycles. The number of nitrogens with two attached hydrogens (primary N) is 1. The molecular weight excluding hydrogens is 292 g/mol. The second-order valence-electron chi connectivity index (χ2n) is 4.40. The molecule has 0 saturated carbocycles. The summed E-state index contributed by atoms with van der Waals surface area (Å²) in [5, 5.41) is 0. The monoisotopic (exact) mass is 314 g/mol. The van der Waals surface area contributed by atoms with Crippen molar-refractivity contribution in [2.24, 2.45) is 5.73 Å². The van der Waals surface area contributed by atoms with Gasteiger partial charge in [0.05, 0.1) is 5.69 Å². The van der Waals surface area contributed by atoms with Crippen LogP contribution in [-0.4, -0.2) is 43.8 Å². The molecule has 1 aromatic heterocycles. The van der Waals surface area contributed by atoms with Crippen LogP contribution in [0.3, 0.4) is 0 Å². The maximum Gasteiger partial charge on any atom is 0.242 e. The van der Waals surface area contributed by atoms with Crippen LogP contribution in [0.4, 0.5) is 0 Å².